The molecule has 0 radical (unpaired) electrons. The summed E-state index contributed by atoms with van der Waals surface area (Å²) in [6.07, 6.45) is 0. The third kappa shape index (κ3) is 1.56. The Morgan fingerprint density at radius 2 is 2.00 bits per heavy atom. The van der Waals surface area contributed by atoms with Crippen LogP contribution >= 0.6 is 10.7 Å². The maximum absolute atomic E-state index is 8.92. The van der Waals surface area contributed by atoms with E-state index in [1.807, 2.05) is 0 Å². The lowest BCUT2D eigenvalue weighted by Gasteiger charge is -1.92. The van der Waals surface area contributed by atoms with Crippen LogP contribution in [0.15, 0.2) is 29.2 Å². The molecule has 0 heterocycles. The first-order valence-electron chi connectivity index (χ1n) is 2.66. The summed E-state index contributed by atoms with van der Waals surface area (Å²) in [5.74, 6) is 0. The summed E-state index contributed by atoms with van der Waals surface area (Å²) in [7, 11) is 4.17. The predicted molar refractivity (Wildman–Crippen MR) is 45.0 cm³/mol. The lowest BCUT2D eigenvalue weighted by molar-refractivity contribution is 0.653. The number of rotatable bonds is 1. The minimum Gasteiger partial charge on any atom is -0.395 e. The topological polar surface area (TPSA) is 46.2 Å². The van der Waals surface area contributed by atoms with Gasteiger partial charge in [0, 0.05) is 6.07 Å². The van der Waals surface area contributed by atoms with Gasteiger partial charge in [-0.05, 0) is 6.07 Å². The summed E-state index contributed by atoms with van der Waals surface area (Å²) in [6, 6.07) is 6.98. The van der Waals surface area contributed by atoms with Crippen LogP contribution in [0.1, 0.15) is 0 Å². The van der Waals surface area contributed by atoms with E-state index in [0.29, 0.717) is 10.6 Å². The number of nitrogen functional groups attached to an aromatic ring is 1. The minimum atomic E-state index is -1.24. The Kier molecular flexibility index (Phi) is 2.43. The molecule has 0 saturated heterocycles. The molecule has 0 aliphatic heterocycles. The van der Waals surface area contributed by atoms with Gasteiger partial charge in [0.15, 0.2) is 0 Å². The molecule has 4 heteroatoms. The predicted octanol–water partition coefficient (Wildman–Crippen LogP) is 1.87. The first-order chi connectivity index (χ1) is 4.72. The van der Waals surface area contributed by atoms with Crippen molar-refractivity contribution in [2.45, 2.75) is 4.90 Å². The fraction of sp³-hybridized carbons (Fsp3) is 0. The maximum atomic E-state index is 8.92. The molecule has 0 amide bonds. The summed E-state index contributed by atoms with van der Waals surface area (Å²) in [4.78, 5) is 0.587. The molecule has 0 fully saturated rings. The van der Waals surface area contributed by atoms with E-state index in [1.165, 1.54) is 0 Å². The van der Waals surface area contributed by atoms with Crippen molar-refractivity contribution in [1.29, 1.82) is 0 Å². The zero-order valence-electron chi connectivity index (χ0n) is 5.12. The number of para-hydroxylation sites is 1. The minimum absolute atomic E-state index is 0.531. The number of anilines is 1. The average Bonchev–Trinajstić information content (AvgIpc) is 1.88. The monoisotopic (exact) mass is 176 g/mol. The van der Waals surface area contributed by atoms with Gasteiger partial charge < -0.3 is 5.73 Å². The Balaban J connectivity index is 3.03. The fourth-order valence-electron chi connectivity index (χ4n) is 0.634. The van der Waals surface area contributed by atoms with E-state index in [4.69, 9.17) is 21.0 Å². The van der Waals surface area contributed by atoms with E-state index in [0.717, 1.165) is 0 Å². The third-order valence-electron chi connectivity index (χ3n) is 1.10. The maximum Gasteiger partial charge on any atom is 0.301 e. The summed E-state index contributed by atoms with van der Waals surface area (Å²) < 4.78 is 8.92. The Labute approximate surface area is 66.7 Å². The summed E-state index contributed by atoms with van der Waals surface area (Å²) in [6.45, 7) is 0. The Hall–Kier alpha value is -0.380. The Morgan fingerprint density at radius 1 is 1.40 bits per heavy atom. The van der Waals surface area contributed by atoms with Crippen LogP contribution in [0.3, 0.4) is 0 Å². The average molecular weight is 177 g/mol. The highest BCUT2D eigenvalue weighted by Crippen LogP contribution is 2.20. The van der Waals surface area contributed by atoms with Crippen LogP contribution in [-0.4, -0.2) is 4.55 Å². The van der Waals surface area contributed by atoms with Crippen LogP contribution in [0.2, 0.25) is 0 Å². The van der Waals surface area contributed by atoms with Gasteiger partial charge in [0.25, 0.3) is 0 Å². The molecule has 10 heavy (non-hydrogen) atoms. The molecule has 1 aromatic rings. The quantitative estimate of drug-likeness (QED) is 0.507. The van der Waals surface area contributed by atoms with E-state index in [9.17, 15) is 0 Å². The van der Waals surface area contributed by atoms with Gasteiger partial charge in [0.2, 0.25) is 15.6 Å². The molecule has 0 aliphatic carbocycles. The van der Waals surface area contributed by atoms with Gasteiger partial charge in [0.1, 0.15) is 0 Å². The second kappa shape index (κ2) is 3.14. The Bertz CT molecular complexity index is 229. The molecule has 0 aromatic heterocycles. The van der Waals surface area contributed by atoms with Crippen molar-refractivity contribution in [3.8, 4) is 0 Å². The van der Waals surface area contributed by atoms with Crippen LogP contribution in [0.4, 0.5) is 5.69 Å². The number of hydrogen-bond donors (Lipinski definition) is 2. The molecule has 54 valence electrons. The Morgan fingerprint density at radius 3 is 2.40 bits per heavy atom. The zero-order valence-corrected chi connectivity index (χ0v) is 6.69. The van der Waals surface area contributed by atoms with Gasteiger partial charge in [-0.15, -0.1) is 0 Å². The molecule has 1 aromatic carbocycles. The van der Waals surface area contributed by atoms with Crippen LogP contribution in [-0.2, 0) is 10.4 Å². The van der Waals surface area contributed by atoms with Gasteiger partial charge >= 0.3 is 10.4 Å². The third-order valence-corrected chi connectivity index (χ3v) is 2.33. The zero-order chi connectivity index (χ0) is 7.56. The smallest absolute Gasteiger partial charge is 0.301 e. The molecule has 3 N–H and O–H groups in total. The van der Waals surface area contributed by atoms with Crippen LogP contribution < -0.4 is 5.73 Å². The summed E-state index contributed by atoms with van der Waals surface area (Å²) >= 11 is 0. The molecule has 2 nitrogen and oxygen atoms in total. The fourth-order valence-corrected chi connectivity index (χ4v) is 1.51. The molecule has 0 saturated carbocycles. The molecular weight excluding hydrogens is 170 g/mol. The van der Waals surface area contributed by atoms with E-state index < -0.39 is 10.4 Å². The van der Waals surface area contributed by atoms with Crippen LogP contribution in [0, 0.1) is 0 Å². The molecule has 1 unspecified atom stereocenters. The lowest BCUT2D eigenvalue weighted by Crippen LogP contribution is -1.96. The van der Waals surface area contributed by atoms with E-state index in [-0.39, 0.29) is 0 Å². The number of nitrogens with two attached hydrogens (primary N) is 1. The van der Waals surface area contributed by atoms with E-state index >= 15 is 0 Å². The normalized spacial score (nSPS) is 13.0. The first-order valence-corrected chi connectivity index (χ1v) is 4.66. The van der Waals surface area contributed by atoms with Crippen molar-refractivity contribution in [3.63, 3.8) is 0 Å². The number of benzene rings is 1. The molecule has 0 bridgehead atoms. The van der Waals surface area contributed by atoms with Crippen molar-refractivity contribution in [2.75, 3.05) is 5.73 Å². The van der Waals surface area contributed by atoms with Crippen molar-refractivity contribution in [3.05, 3.63) is 24.3 Å². The van der Waals surface area contributed by atoms with Crippen molar-refractivity contribution >= 4 is 26.8 Å². The van der Waals surface area contributed by atoms with E-state index in [1.54, 1.807) is 24.3 Å². The molecule has 1 atom stereocenters. The molecular formula is C6H7ClNOS+. The molecule has 0 aliphatic rings. The van der Waals surface area contributed by atoms with Crippen molar-refractivity contribution < 1.29 is 4.55 Å². The first kappa shape index (κ1) is 7.72. The van der Waals surface area contributed by atoms with Gasteiger partial charge in [-0.1, -0.05) is 12.1 Å². The van der Waals surface area contributed by atoms with Gasteiger partial charge in [-0.2, -0.15) is 4.55 Å². The highest BCUT2D eigenvalue weighted by molar-refractivity contribution is 8.14. The standard InChI is InChI=1S/C6H7ClNOS/c7-10(9)6-4-2-1-3-5(6)8/h1-4,9H,8H2/q+1. The largest absolute Gasteiger partial charge is 0.395 e. The van der Waals surface area contributed by atoms with Gasteiger partial charge in [-0.3, -0.25) is 0 Å². The highest BCUT2D eigenvalue weighted by Gasteiger charge is 2.19. The number of halogens is 1. The van der Waals surface area contributed by atoms with Crippen molar-refractivity contribution in [2.24, 2.45) is 0 Å². The summed E-state index contributed by atoms with van der Waals surface area (Å²) in [5.41, 5.74) is 6.01. The number of hydrogen-bond acceptors (Lipinski definition) is 2. The summed E-state index contributed by atoms with van der Waals surface area (Å²) in [5, 5.41) is 0. The second-order valence-corrected chi connectivity index (χ2v) is 3.57. The van der Waals surface area contributed by atoms with E-state index in [2.05, 4.69) is 0 Å². The highest BCUT2D eigenvalue weighted by atomic mass is 35.7. The lowest BCUT2D eigenvalue weighted by atomic mass is 10.3. The second-order valence-electron chi connectivity index (χ2n) is 1.78. The molecule has 0 spiro atoms. The van der Waals surface area contributed by atoms with Crippen LogP contribution in [0.25, 0.3) is 0 Å². The molecule has 1 rings (SSSR count). The van der Waals surface area contributed by atoms with Crippen LogP contribution in [0.5, 0.6) is 0 Å². The van der Waals surface area contributed by atoms with Gasteiger partial charge in [0.05, 0.1) is 5.69 Å². The SMILES string of the molecule is Nc1ccccc1[S+](O)Cl. The van der Waals surface area contributed by atoms with Gasteiger partial charge in [-0.25, -0.2) is 0 Å². The van der Waals surface area contributed by atoms with Crippen molar-refractivity contribution in [1.82, 2.24) is 0 Å².